The fourth-order valence-electron chi connectivity index (χ4n) is 2.91. The Hall–Kier alpha value is -1.15. The standard InChI is InChI=1S/C17H26N2O4S.ClH/c1-3-23-13-15-6-4-14(5-7-15)12-19-16(20)17(24(2,21)22)8-10-18-11-9-17;/h4-7,18H,3,8-13H2,1-2H3,(H,19,20);1H. The van der Waals surface area contributed by atoms with Gasteiger partial charge in [-0.3, -0.25) is 4.79 Å². The van der Waals surface area contributed by atoms with Crippen molar-refractivity contribution in [3.63, 3.8) is 0 Å². The summed E-state index contributed by atoms with van der Waals surface area (Å²) in [4.78, 5) is 12.6. The smallest absolute Gasteiger partial charge is 0.241 e. The van der Waals surface area contributed by atoms with E-state index in [-0.39, 0.29) is 12.4 Å². The molecule has 1 heterocycles. The van der Waals surface area contributed by atoms with Crippen molar-refractivity contribution in [1.82, 2.24) is 10.6 Å². The van der Waals surface area contributed by atoms with Crippen LogP contribution in [-0.4, -0.2) is 45.0 Å². The summed E-state index contributed by atoms with van der Waals surface area (Å²) < 4.78 is 28.4. The molecule has 2 N–H and O–H groups in total. The van der Waals surface area contributed by atoms with Crippen LogP contribution in [0.3, 0.4) is 0 Å². The van der Waals surface area contributed by atoms with Crippen LogP contribution in [0.4, 0.5) is 0 Å². The molecule has 6 nitrogen and oxygen atoms in total. The molecular formula is C17H27ClN2O4S. The first kappa shape index (κ1) is 21.9. The zero-order valence-electron chi connectivity index (χ0n) is 14.7. The molecule has 1 fully saturated rings. The summed E-state index contributed by atoms with van der Waals surface area (Å²) in [5.74, 6) is -0.398. The van der Waals surface area contributed by atoms with Gasteiger partial charge in [0.25, 0.3) is 0 Å². The molecule has 0 unspecified atom stereocenters. The monoisotopic (exact) mass is 390 g/mol. The van der Waals surface area contributed by atoms with E-state index in [1.807, 2.05) is 31.2 Å². The van der Waals surface area contributed by atoms with Gasteiger partial charge >= 0.3 is 0 Å². The summed E-state index contributed by atoms with van der Waals surface area (Å²) >= 11 is 0. The first-order valence-corrected chi connectivity index (χ1v) is 10.1. The topological polar surface area (TPSA) is 84.5 Å². The molecule has 1 aliphatic heterocycles. The number of amides is 1. The highest BCUT2D eigenvalue weighted by atomic mass is 35.5. The van der Waals surface area contributed by atoms with Gasteiger partial charge in [-0.05, 0) is 44.0 Å². The molecule has 1 aromatic rings. The lowest BCUT2D eigenvalue weighted by Crippen LogP contribution is -2.57. The number of hydrogen-bond donors (Lipinski definition) is 2. The van der Waals surface area contributed by atoms with E-state index in [4.69, 9.17) is 4.74 Å². The molecule has 2 rings (SSSR count). The molecule has 1 aliphatic rings. The maximum absolute atomic E-state index is 12.6. The fraction of sp³-hybridized carbons (Fsp3) is 0.588. The molecule has 0 atom stereocenters. The van der Waals surface area contributed by atoms with E-state index < -0.39 is 20.5 Å². The van der Waals surface area contributed by atoms with E-state index in [9.17, 15) is 13.2 Å². The van der Waals surface area contributed by atoms with Gasteiger partial charge in [0.2, 0.25) is 5.91 Å². The number of nitrogens with one attached hydrogen (secondary N) is 2. The number of piperidine rings is 1. The molecule has 0 radical (unpaired) electrons. The first-order valence-electron chi connectivity index (χ1n) is 8.23. The summed E-state index contributed by atoms with van der Waals surface area (Å²) in [6.45, 7) is 4.56. The lowest BCUT2D eigenvalue weighted by atomic mass is 9.95. The highest BCUT2D eigenvalue weighted by Crippen LogP contribution is 2.28. The van der Waals surface area contributed by atoms with Gasteiger partial charge in [-0.15, -0.1) is 12.4 Å². The Bertz CT molecular complexity index is 656. The SMILES string of the molecule is CCOCc1ccc(CNC(=O)C2(S(C)(=O)=O)CCNCC2)cc1.Cl. The molecule has 1 amide bonds. The second-order valence-electron chi connectivity index (χ2n) is 6.15. The lowest BCUT2D eigenvalue weighted by molar-refractivity contribution is -0.124. The highest BCUT2D eigenvalue weighted by molar-refractivity contribution is 7.92. The van der Waals surface area contributed by atoms with Gasteiger partial charge in [-0.1, -0.05) is 24.3 Å². The van der Waals surface area contributed by atoms with Crippen molar-refractivity contribution in [3.8, 4) is 0 Å². The van der Waals surface area contributed by atoms with E-state index in [0.29, 0.717) is 45.7 Å². The molecule has 1 saturated heterocycles. The van der Waals surface area contributed by atoms with Crippen LogP contribution >= 0.6 is 12.4 Å². The van der Waals surface area contributed by atoms with Crippen LogP contribution in [0.1, 0.15) is 30.9 Å². The van der Waals surface area contributed by atoms with Gasteiger partial charge in [0.05, 0.1) is 6.61 Å². The van der Waals surface area contributed by atoms with E-state index in [1.54, 1.807) is 0 Å². The molecule has 142 valence electrons. The summed E-state index contributed by atoms with van der Waals surface area (Å²) in [5, 5.41) is 5.91. The molecule has 0 aromatic heterocycles. The van der Waals surface area contributed by atoms with Crippen molar-refractivity contribution in [3.05, 3.63) is 35.4 Å². The maximum Gasteiger partial charge on any atom is 0.241 e. The first-order chi connectivity index (χ1) is 11.4. The van der Waals surface area contributed by atoms with Crippen molar-refractivity contribution < 1.29 is 17.9 Å². The van der Waals surface area contributed by atoms with Crippen LogP contribution in [-0.2, 0) is 32.5 Å². The Morgan fingerprint density at radius 3 is 2.28 bits per heavy atom. The van der Waals surface area contributed by atoms with Gasteiger partial charge in [0.15, 0.2) is 14.6 Å². The summed E-state index contributed by atoms with van der Waals surface area (Å²) in [7, 11) is -3.48. The van der Waals surface area contributed by atoms with Crippen molar-refractivity contribution in [2.75, 3.05) is 26.0 Å². The molecular weight excluding hydrogens is 364 g/mol. The number of rotatable bonds is 7. The largest absolute Gasteiger partial charge is 0.377 e. The van der Waals surface area contributed by atoms with E-state index >= 15 is 0 Å². The number of sulfone groups is 1. The maximum atomic E-state index is 12.6. The van der Waals surface area contributed by atoms with Crippen molar-refractivity contribution >= 4 is 28.2 Å². The molecule has 0 bridgehead atoms. The van der Waals surface area contributed by atoms with Gasteiger partial charge in [-0.2, -0.15) is 0 Å². The fourth-order valence-corrected chi connectivity index (χ4v) is 4.27. The van der Waals surface area contributed by atoms with E-state index in [0.717, 1.165) is 17.4 Å². The minimum absolute atomic E-state index is 0. The summed E-state index contributed by atoms with van der Waals surface area (Å²) in [6.07, 6.45) is 1.77. The Kier molecular flexibility index (Phi) is 8.34. The highest BCUT2D eigenvalue weighted by Gasteiger charge is 2.48. The van der Waals surface area contributed by atoms with Crippen molar-refractivity contribution in [2.45, 2.75) is 37.7 Å². The zero-order chi connectivity index (χ0) is 17.6. The molecule has 0 aliphatic carbocycles. The normalized spacial score (nSPS) is 16.7. The van der Waals surface area contributed by atoms with Gasteiger partial charge in [0, 0.05) is 19.4 Å². The van der Waals surface area contributed by atoms with Gasteiger partial charge < -0.3 is 15.4 Å². The van der Waals surface area contributed by atoms with Crippen LogP contribution in [0.2, 0.25) is 0 Å². The van der Waals surface area contributed by atoms with Crippen LogP contribution in [0.5, 0.6) is 0 Å². The second kappa shape index (κ2) is 9.52. The quantitative estimate of drug-likeness (QED) is 0.735. The molecule has 0 saturated carbocycles. The molecule has 0 spiro atoms. The van der Waals surface area contributed by atoms with Crippen LogP contribution < -0.4 is 10.6 Å². The molecule has 25 heavy (non-hydrogen) atoms. The third kappa shape index (κ3) is 5.41. The third-order valence-electron chi connectivity index (χ3n) is 4.48. The Morgan fingerprint density at radius 1 is 1.20 bits per heavy atom. The predicted octanol–water partition coefficient (Wildman–Crippen LogP) is 1.43. The number of halogens is 1. The Morgan fingerprint density at radius 2 is 1.76 bits per heavy atom. The van der Waals surface area contributed by atoms with Crippen molar-refractivity contribution in [1.29, 1.82) is 0 Å². The van der Waals surface area contributed by atoms with E-state index in [2.05, 4.69) is 10.6 Å². The number of benzene rings is 1. The number of ether oxygens (including phenoxy) is 1. The average molecular weight is 391 g/mol. The third-order valence-corrected chi connectivity index (χ3v) is 6.50. The predicted molar refractivity (Wildman–Crippen MR) is 101 cm³/mol. The number of hydrogen-bond acceptors (Lipinski definition) is 5. The molecule has 1 aromatic carbocycles. The zero-order valence-corrected chi connectivity index (χ0v) is 16.3. The number of carbonyl (C=O) groups excluding carboxylic acids is 1. The van der Waals surface area contributed by atoms with Crippen LogP contribution in [0, 0.1) is 0 Å². The summed E-state index contributed by atoms with van der Waals surface area (Å²) in [6, 6.07) is 7.75. The lowest BCUT2D eigenvalue weighted by Gasteiger charge is -2.34. The number of carbonyl (C=O) groups is 1. The summed E-state index contributed by atoms with van der Waals surface area (Å²) in [5.41, 5.74) is 2.00. The Labute approximate surface area is 156 Å². The molecule has 8 heteroatoms. The van der Waals surface area contributed by atoms with E-state index in [1.165, 1.54) is 0 Å². The minimum Gasteiger partial charge on any atom is -0.377 e. The van der Waals surface area contributed by atoms with Crippen LogP contribution in [0.25, 0.3) is 0 Å². The Balaban J connectivity index is 0.00000312. The minimum atomic E-state index is -3.48. The van der Waals surface area contributed by atoms with Gasteiger partial charge in [0.1, 0.15) is 0 Å². The van der Waals surface area contributed by atoms with Gasteiger partial charge in [-0.25, -0.2) is 8.42 Å². The van der Waals surface area contributed by atoms with Crippen molar-refractivity contribution in [2.24, 2.45) is 0 Å². The second-order valence-corrected chi connectivity index (χ2v) is 8.48. The average Bonchev–Trinajstić information content (AvgIpc) is 2.58. The van der Waals surface area contributed by atoms with Crippen LogP contribution in [0.15, 0.2) is 24.3 Å².